The zero-order chi connectivity index (χ0) is 15.5. The average Bonchev–Trinajstić information content (AvgIpc) is 3.15. The van der Waals surface area contributed by atoms with Crippen LogP contribution in [0, 0.1) is 12.7 Å². The Morgan fingerprint density at radius 1 is 1.50 bits per heavy atom. The summed E-state index contributed by atoms with van der Waals surface area (Å²) in [6.07, 6.45) is 2.81. The fourth-order valence-electron chi connectivity index (χ4n) is 2.32. The highest BCUT2D eigenvalue weighted by molar-refractivity contribution is 5.94. The lowest BCUT2D eigenvalue weighted by atomic mass is 10.1. The zero-order valence-corrected chi connectivity index (χ0v) is 12.0. The number of aromatic nitrogens is 2. The summed E-state index contributed by atoms with van der Waals surface area (Å²) >= 11 is 0. The Morgan fingerprint density at radius 3 is 3.14 bits per heavy atom. The second-order valence-electron chi connectivity index (χ2n) is 5.19. The number of ether oxygens (including phenoxy) is 2. The van der Waals surface area contributed by atoms with Crippen molar-refractivity contribution in [3.05, 3.63) is 47.5 Å². The van der Waals surface area contributed by atoms with Crippen LogP contribution in [0.1, 0.15) is 15.9 Å². The monoisotopic (exact) mass is 305 g/mol. The van der Waals surface area contributed by atoms with Gasteiger partial charge in [0, 0.05) is 0 Å². The topological polar surface area (TPSA) is 76.2 Å². The number of nitrogens with zero attached hydrogens (tertiary/aromatic N) is 1. The molecule has 6 nitrogen and oxygen atoms in total. The molecule has 0 unspecified atom stereocenters. The molecule has 1 saturated heterocycles. The van der Waals surface area contributed by atoms with Crippen molar-refractivity contribution in [3.63, 3.8) is 0 Å². The minimum atomic E-state index is -0.547. The number of hydrogen-bond acceptors (Lipinski definition) is 4. The van der Waals surface area contributed by atoms with Gasteiger partial charge in [-0.15, -0.1) is 0 Å². The van der Waals surface area contributed by atoms with Crippen LogP contribution in [0.4, 0.5) is 4.39 Å². The van der Waals surface area contributed by atoms with E-state index >= 15 is 0 Å². The van der Waals surface area contributed by atoms with Crippen LogP contribution < -0.4 is 10.1 Å². The van der Waals surface area contributed by atoms with Crippen molar-refractivity contribution in [2.24, 2.45) is 0 Å². The number of amides is 1. The first-order valence-electron chi connectivity index (χ1n) is 6.93. The summed E-state index contributed by atoms with van der Waals surface area (Å²) in [7, 11) is 0. The highest BCUT2D eigenvalue weighted by Gasteiger charge is 2.32. The van der Waals surface area contributed by atoms with E-state index in [2.05, 4.69) is 15.5 Å². The van der Waals surface area contributed by atoms with Crippen molar-refractivity contribution in [1.82, 2.24) is 15.5 Å². The first-order chi connectivity index (χ1) is 10.6. The Bertz CT molecular complexity index is 660. The quantitative estimate of drug-likeness (QED) is 0.896. The van der Waals surface area contributed by atoms with Gasteiger partial charge in [0.1, 0.15) is 11.9 Å². The van der Waals surface area contributed by atoms with E-state index in [1.807, 2.05) is 0 Å². The van der Waals surface area contributed by atoms with Crippen molar-refractivity contribution in [3.8, 4) is 5.75 Å². The standard InChI is InChI=1S/C15H16FN3O3/c1-9-2-3-12(16)11(4-9)15(20)19-13-7-21-8-14(13)22-10-5-17-18-6-10/h2-6,13-14H,7-8H2,1H3,(H,17,18)(H,19,20)/t13-,14+/m0/s1. The van der Waals surface area contributed by atoms with Crippen molar-refractivity contribution >= 4 is 5.91 Å². The molecule has 2 atom stereocenters. The number of hydrogen-bond donors (Lipinski definition) is 2. The molecule has 1 aliphatic heterocycles. The fourth-order valence-corrected chi connectivity index (χ4v) is 2.32. The van der Waals surface area contributed by atoms with Crippen LogP contribution in [0.15, 0.2) is 30.6 Å². The maximum absolute atomic E-state index is 13.8. The number of rotatable bonds is 4. The molecule has 1 aliphatic rings. The number of H-pyrrole nitrogens is 1. The van der Waals surface area contributed by atoms with Crippen molar-refractivity contribution < 1.29 is 18.7 Å². The molecule has 1 fully saturated rings. The summed E-state index contributed by atoms with van der Waals surface area (Å²) in [6, 6.07) is 4.08. The predicted molar refractivity (Wildman–Crippen MR) is 76.2 cm³/mol. The van der Waals surface area contributed by atoms with E-state index in [0.717, 1.165) is 5.56 Å². The first-order valence-corrected chi connectivity index (χ1v) is 6.93. The Kier molecular flexibility index (Phi) is 4.06. The van der Waals surface area contributed by atoms with Gasteiger partial charge < -0.3 is 14.8 Å². The molecule has 2 heterocycles. The van der Waals surface area contributed by atoms with Gasteiger partial charge in [-0.1, -0.05) is 11.6 Å². The zero-order valence-electron chi connectivity index (χ0n) is 12.0. The third kappa shape index (κ3) is 3.09. The largest absolute Gasteiger partial charge is 0.482 e. The average molecular weight is 305 g/mol. The number of benzene rings is 1. The molecule has 1 amide bonds. The Labute approximate surface area is 126 Å². The van der Waals surface area contributed by atoms with Crippen LogP contribution in [0.5, 0.6) is 5.75 Å². The lowest BCUT2D eigenvalue weighted by Gasteiger charge is -2.19. The SMILES string of the molecule is Cc1ccc(F)c(C(=O)N[C@H]2COC[C@H]2Oc2cn[nH]c2)c1. The Hall–Kier alpha value is -2.41. The molecular weight excluding hydrogens is 289 g/mol. The summed E-state index contributed by atoms with van der Waals surface area (Å²) in [5.74, 6) is -0.455. The molecular formula is C15H16FN3O3. The van der Waals surface area contributed by atoms with Crippen LogP contribution in [0.25, 0.3) is 0 Å². The molecule has 0 radical (unpaired) electrons. The third-order valence-electron chi connectivity index (χ3n) is 3.47. The van der Waals surface area contributed by atoms with E-state index in [0.29, 0.717) is 19.0 Å². The Balaban J connectivity index is 1.68. The fraction of sp³-hybridized carbons (Fsp3) is 0.333. The number of carbonyl (C=O) groups excluding carboxylic acids is 1. The molecule has 1 aromatic carbocycles. The summed E-state index contributed by atoms with van der Waals surface area (Å²) < 4.78 is 24.8. The number of carbonyl (C=O) groups is 1. The van der Waals surface area contributed by atoms with Crippen molar-refractivity contribution in [2.45, 2.75) is 19.1 Å². The normalized spacial score (nSPS) is 20.8. The molecule has 0 aliphatic carbocycles. The second kappa shape index (κ2) is 6.15. The molecule has 22 heavy (non-hydrogen) atoms. The lowest BCUT2D eigenvalue weighted by Crippen LogP contribution is -2.45. The van der Waals surface area contributed by atoms with E-state index in [9.17, 15) is 9.18 Å². The van der Waals surface area contributed by atoms with Gasteiger partial charge in [0.25, 0.3) is 5.91 Å². The van der Waals surface area contributed by atoms with Gasteiger partial charge in [-0.3, -0.25) is 9.89 Å². The van der Waals surface area contributed by atoms with Gasteiger partial charge >= 0.3 is 0 Å². The molecule has 0 saturated carbocycles. The van der Waals surface area contributed by atoms with Crippen LogP contribution in [-0.4, -0.2) is 41.5 Å². The molecule has 2 aromatic rings. The van der Waals surface area contributed by atoms with E-state index in [1.54, 1.807) is 19.2 Å². The van der Waals surface area contributed by atoms with Gasteiger partial charge in [0.05, 0.1) is 37.2 Å². The maximum Gasteiger partial charge on any atom is 0.254 e. The van der Waals surface area contributed by atoms with Gasteiger partial charge in [0.2, 0.25) is 0 Å². The molecule has 116 valence electrons. The third-order valence-corrected chi connectivity index (χ3v) is 3.47. The summed E-state index contributed by atoms with van der Waals surface area (Å²) in [6.45, 7) is 2.48. The molecule has 7 heteroatoms. The van der Waals surface area contributed by atoms with Crippen LogP contribution in [0.3, 0.4) is 0 Å². The predicted octanol–water partition coefficient (Wildman–Crippen LogP) is 1.43. The van der Waals surface area contributed by atoms with Crippen LogP contribution in [0.2, 0.25) is 0 Å². The second-order valence-corrected chi connectivity index (χ2v) is 5.19. The van der Waals surface area contributed by atoms with E-state index < -0.39 is 11.7 Å². The summed E-state index contributed by atoms with van der Waals surface area (Å²) in [4.78, 5) is 12.2. The Morgan fingerprint density at radius 2 is 2.36 bits per heavy atom. The number of halogens is 1. The van der Waals surface area contributed by atoms with Gasteiger partial charge in [0.15, 0.2) is 5.75 Å². The summed E-state index contributed by atoms with van der Waals surface area (Å²) in [5.41, 5.74) is 0.842. The molecule has 2 N–H and O–H groups in total. The van der Waals surface area contributed by atoms with Crippen molar-refractivity contribution in [1.29, 1.82) is 0 Å². The maximum atomic E-state index is 13.8. The van der Waals surface area contributed by atoms with E-state index in [1.165, 1.54) is 18.3 Å². The minimum absolute atomic E-state index is 0.0222. The molecule has 0 spiro atoms. The summed E-state index contributed by atoms with van der Waals surface area (Å²) in [5, 5.41) is 9.20. The molecule has 0 bridgehead atoms. The van der Waals surface area contributed by atoms with E-state index in [4.69, 9.17) is 9.47 Å². The van der Waals surface area contributed by atoms with E-state index in [-0.39, 0.29) is 17.7 Å². The number of nitrogens with one attached hydrogen (secondary N) is 2. The van der Waals surface area contributed by atoms with Gasteiger partial charge in [-0.05, 0) is 19.1 Å². The van der Waals surface area contributed by atoms with Crippen LogP contribution >= 0.6 is 0 Å². The number of aryl methyl sites for hydroxylation is 1. The highest BCUT2D eigenvalue weighted by Crippen LogP contribution is 2.17. The molecule has 1 aromatic heterocycles. The highest BCUT2D eigenvalue weighted by atomic mass is 19.1. The van der Waals surface area contributed by atoms with Gasteiger partial charge in [-0.2, -0.15) is 5.10 Å². The van der Waals surface area contributed by atoms with Gasteiger partial charge in [-0.25, -0.2) is 4.39 Å². The lowest BCUT2D eigenvalue weighted by molar-refractivity contribution is 0.0900. The van der Waals surface area contributed by atoms with Crippen LogP contribution in [-0.2, 0) is 4.74 Å². The smallest absolute Gasteiger partial charge is 0.254 e. The first kappa shape index (κ1) is 14.5. The minimum Gasteiger partial charge on any atom is -0.482 e. The number of aromatic amines is 1. The molecule has 3 rings (SSSR count). The van der Waals surface area contributed by atoms with Crippen molar-refractivity contribution in [2.75, 3.05) is 13.2 Å².